The molecule has 2 aromatic carbocycles. The maximum Gasteiger partial charge on any atom is 0.338 e. The van der Waals surface area contributed by atoms with Crippen LogP contribution < -0.4 is 4.31 Å². The lowest BCUT2D eigenvalue weighted by atomic mass is 9.92. The molecule has 0 radical (unpaired) electrons. The van der Waals surface area contributed by atoms with Crippen molar-refractivity contribution in [2.75, 3.05) is 30.5 Å². The second kappa shape index (κ2) is 8.94. The summed E-state index contributed by atoms with van der Waals surface area (Å²) in [6.45, 7) is 5.53. The van der Waals surface area contributed by atoms with Crippen LogP contribution in [0.4, 0.5) is 5.69 Å². The van der Waals surface area contributed by atoms with Gasteiger partial charge in [-0.2, -0.15) is 0 Å². The van der Waals surface area contributed by atoms with Crippen LogP contribution in [0.3, 0.4) is 0 Å². The maximum absolute atomic E-state index is 13.2. The summed E-state index contributed by atoms with van der Waals surface area (Å²) in [5.74, 6) is -0.114. The first-order valence-corrected chi connectivity index (χ1v) is 12.4. The summed E-state index contributed by atoms with van der Waals surface area (Å²) in [6.07, 6.45) is 1.72. The zero-order chi connectivity index (χ0) is 22.9. The molecule has 32 heavy (non-hydrogen) atoms. The van der Waals surface area contributed by atoms with E-state index in [-0.39, 0.29) is 23.0 Å². The molecule has 8 heteroatoms. The van der Waals surface area contributed by atoms with Gasteiger partial charge in [-0.1, -0.05) is 38.1 Å². The Labute approximate surface area is 189 Å². The molecule has 2 aliphatic rings. The van der Waals surface area contributed by atoms with Gasteiger partial charge < -0.3 is 9.64 Å². The number of benzene rings is 2. The molecule has 7 nitrogen and oxygen atoms in total. The first kappa shape index (κ1) is 22.3. The number of carbonyl (C=O) groups is 2. The number of nitrogens with zero attached hydrogens (tertiary/aromatic N) is 2. The van der Waals surface area contributed by atoms with Crippen LogP contribution in [0.25, 0.3) is 0 Å². The molecular weight excluding hydrogens is 428 g/mol. The molecule has 0 aromatic heterocycles. The third-order valence-corrected chi connectivity index (χ3v) is 7.86. The van der Waals surface area contributed by atoms with Gasteiger partial charge >= 0.3 is 5.97 Å². The lowest BCUT2D eigenvalue weighted by Gasteiger charge is -2.34. The number of carbonyl (C=O) groups excluding carboxylic acids is 2. The normalized spacial score (nSPS) is 20.7. The van der Waals surface area contributed by atoms with Crippen LogP contribution in [-0.2, 0) is 26.0 Å². The predicted octanol–water partition coefficient (Wildman–Crippen LogP) is 3.10. The van der Waals surface area contributed by atoms with Gasteiger partial charge in [0.15, 0.2) is 6.61 Å². The number of anilines is 1. The van der Waals surface area contributed by atoms with Crippen molar-refractivity contribution < 1.29 is 22.7 Å². The second-order valence-electron chi connectivity index (χ2n) is 8.80. The monoisotopic (exact) mass is 456 g/mol. The number of para-hydroxylation sites is 1. The molecule has 2 unspecified atom stereocenters. The molecule has 1 fully saturated rings. The lowest BCUT2D eigenvalue weighted by molar-refractivity contribution is -0.137. The van der Waals surface area contributed by atoms with E-state index in [9.17, 15) is 18.0 Å². The minimum atomic E-state index is -3.82. The van der Waals surface area contributed by atoms with Crippen LogP contribution in [0, 0.1) is 11.8 Å². The van der Waals surface area contributed by atoms with E-state index < -0.39 is 16.0 Å². The van der Waals surface area contributed by atoms with E-state index in [2.05, 4.69) is 13.8 Å². The Morgan fingerprint density at radius 3 is 2.50 bits per heavy atom. The minimum Gasteiger partial charge on any atom is -0.452 e. The third-order valence-electron chi connectivity index (χ3n) is 6.05. The van der Waals surface area contributed by atoms with E-state index in [4.69, 9.17) is 4.74 Å². The van der Waals surface area contributed by atoms with Gasteiger partial charge in [-0.05, 0) is 54.5 Å². The first-order chi connectivity index (χ1) is 15.3. The zero-order valence-corrected chi connectivity index (χ0v) is 19.2. The molecule has 0 saturated carbocycles. The van der Waals surface area contributed by atoms with Gasteiger partial charge in [0.1, 0.15) is 0 Å². The fourth-order valence-electron chi connectivity index (χ4n) is 4.64. The Morgan fingerprint density at radius 2 is 1.75 bits per heavy atom. The van der Waals surface area contributed by atoms with Gasteiger partial charge in [0.25, 0.3) is 15.9 Å². The Kier molecular flexibility index (Phi) is 6.24. The second-order valence-corrected chi connectivity index (χ2v) is 10.7. The van der Waals surface area contributed by atoms with Crippen molar-refractivity contribution in [1.82, 2.24) is 4.90 Å². The number of piperidine rings is 1. The van der Waals surface area contributed by atoms with Gasteiger partial charge in [0.2, 0.25) is 0 Å². The van der Waals surface area contributed by atoms with E-state index in [1.54, 1.807) is 17.0 Å². The van der Waals surface area contributed by atoms with Crippen molar-refractivity contribution in [2.24, 2.45) is 11.8 Å². The minimum absolute atomic E-state index is 0.0219. The number of hydrogen-bond acceptors (Lipinski definition) is 5. The molecule has 0 N–H and O–H groups in total. The van der Waals surface area contributed by atoms with E-state index in [1.165, 1.54) is 28.6 Å². The van der Waals surface area contributed by atoms with Crippen LogP contribution >= 0.6 is 0 Å². The SMILES string of the molecule is CC1CC(C)CN(C(=O)COC(=O)c2cccc(S(=O)(=O)N3CCc4ccccc43)c2)C1. The fraction of sp³-hybridized carbons (Fsp3) is 0.417. The summed E-state index contributed by atoms with van der Waals surface area (Å²) in [7, 11) is -3.82. The maximum atomic E-state index is 13.2. The van der Waals surface area contributed by atoms with Gasteiger partial charge in [-0.15, -0.1) is 0 Å². The molecule has 2 aliphatic heterocycles. The highest BCUT2D eigenvalue weighted by atomic mass is 32.2. The lowest BCUT2D eigenvalue weighted by Crippen LogP contribution is -2.44. The fourth-order valence-corrected chi connectivity index (χ4v) is 6.19. The Morgan fingerprint density at radius 1 is 1.03 bits per heavy atom. The summed E-state index contributed by atoms with van der Waals surface area (Å²) >= 11 is 0. The highest BCUT2D eigenvalue weighted by molar-refractivity contribution is 7.92. The molecule has 170 valence electrons. The Hall–Kier alpha value is -2.87. The number of fused-ring (bicyclic) bond motifs is 1. The van der Waals surface area contributed by atoms with Gasteiger partial charge in [0.05, 0.1) is 16.1 Å². The number of likely N-dealkylation sites (tertiary alicyclic amines) is 1. The predicted molar refractivity (Wildman–Crippen MR) is 121 cm³/mol. The molecule has 0 bridgehead atoms. The molecule has 1 saturated heterocycles. The van der Waals surface area contributed by atoms with Crippen molar-refractivity contribution in [3.8, 4) is 0 Å². The highest BCUT2D eigenvalue weighted by Gasteiger charge is 2.31. The summed E-state index contributed by atoms with van der Waals surface area (Å²) in [4.78, 5) is 26.8. The standard InChI is InChI=1S/C24H28N2O5S/c1-17-12-18(2)15-25(14-17)23(27)16-31-24(28)20-7-5-8-21(13-20)32(29,30)26-11-10-19-6-3-4-9-22(19)26/h3-9,13,17-18H,10-12,14-16H2,1-2H3. The van der Waals surface area contributed by atoms with Crippen LogP contribution in [0.15, 0.2) is 53.4 Å². The van der Waals surface area contributed by atoms with Gasteiger partial charge in [0, 0.05) is 19.6 Å². The number of ether oxygens (including phenoxy) is 1. The van der Waals surface area contributed by atoms with Crippen molar-refractivity contribution in [3.05, 3.63) is 59.7 Å². The van der Waals surface area contributed by atoms with E-state index in [1.807, 2.05) is 12.1 Å². The number of amides is 1. The summed E-state index contributed by atoms with van der Waals surface area (Å²) < 4.78 is 33.0. The molecule has 2 atom stereocenters. The first-order valence-electron chi connectivity index (χ1n) is 10.9. The van der Waals surface area contributed by atoms with Crippen LogP contribution in [0.1, 0.15) is 36.2 Å². The third kappa shape index (κ3) is 4.50. The Balaban J connectivity index is 1.45. The molecular formula is C24H28N2O5S. The van der Waals surface area contributed by atoms with Crippen molar-refractivity contribution >= 4 is 27.6 Å². The van der Waals surface area contributed by atoms with E-state index >= 15 is 0 Å². The summed E-state index contributed by atoms with van der Waals surface area (Å²) in [5, 5.41) is 0. The molecule has 1 amide bonds. The number of sulfonamides is 1. The number of rotatable bonds is 5. The van der Waals surface area contributed by atoms with E-state index in [0.29, 0.717) is 43.6 Å². The summed E-state index contributed by atoms with van der Waals surface area (Å²) in [6, 6.07) is 13.2. The number of hydrogen-bond donors (Lipinski definition) is 0. The average molecular weight is 457 g/mol. The van der Waals surface area contributed by atoms with Crippen molar-refractivity contribution in [3.63, 3.8) is 0 Å². The molecule has 2 aromatic rings. The zero-order valence-electron chi connectivity index (χ0n) is 18.4. The van der Waals surface area contributed by atoms with E-state index in [0.717, 1.165) is 12.0 Å². The largest absolute Gasteiger partial charge is 0.452 e. The molecule has 0 spiro atoms. The van der Waals surface area contributed by atoms with Crippen LogP contribution in [0.2, 0.25) is 0 Å². The Bertz CT molecular complexity index is 1120. The van der Waals surface area contributed by atoms with Gasteiger partial charge in [-0.3, -0.25) is 9.10 Å². The smallest absolute Gasteiger partial charge is 0.338 e. The molecule has 2 heterocycles. The molecule has 4 rings (SSSR count). The quantitative estimate of drug-likeness (QED) is 0.646. The topological polar surface area (TPSA) is 84.0 Å². The van der Waals surface area contributed by atoms with Crippen LogP contribution in [0.5, 0.6) is 0 Å². The van der Waals surface area contributed by atoms with Crippen molar-refractivity contribution in [1.29, 1.82) is 0 Å². The molecule has 0 aliphatic carbocycles. The summed E-state index contributed by atoms with van der Waals surface area (Å²) in [5.41, 5.74) is 1.74. The average Bonchev–Trinajstić information content (AvgIpc) is 3.21. The van der Waals surface area contributed by atoms with Crippen LogP contribution in [-0.4, -0.2) is 51.4 Å². The highest BCUT2D eigenvalue weighted by Crippen LogP contribution is 2.32. The number of esters is 1. The van der Waals surface area contributed by atoms with Gasteiger partial charge in [-0.25, -0.2) is 13.2 Å². The van der Waals surface area contributed by atoms with Crippen molar-refractivity contribution in [2.45, 2.75) is 31.6 Å².